The number of hydrogen-bond donors (Lipinski definition) is 0. The Bertz CT molecular complexity index is 937. The van der Waals surface area contributed by atoms with Crippen LogP contribution in [0.5, 0.6) is 5.75 Å². The monoisotopic (exact) mass is 327 g/mol. The van der Waals surface area contributed by atoms with E-state index in [4.69, 9.17) is 9.15 Å². The van der Waals surface area contributed by atoms with Gasteiger partial charge in [0.15, 0.2) is 0 Å². The van der Waals surface area contributed by atoms with Gasteiger partial charge in [0.05, 0.1) is 17.6 Å². The van der Waals surface area contributed by atoms with Crippen LogP contribution in [0.2, 0.25) is 0 Å². The number of benzene rings is 1. The van der Waals surface area contributed by atoms with Gasteiger partial charge in [-0.1, -0.05) is 0 Å². The molecule has 118 valence electrons. The summed E-state index contributed by atoms with van der Waals surface area (Å²) in [6, 6.07) is 3.72. The SMILES string of the molecule is Cc1csc(-c2coc3cc(OCC4CC4)cc(C)c3c2=O)n1. The summed E-state index contributed by atoms with van der Waals surface area (Å²) in [5.74, 6) is 1.46. The van der Waals surface area contributed by atoms with E-state index in [1.54, 1.807) is 0 Å². The molecule has 2 heterocycles. The summed E-state index contributed by atoms with van der Waals surface area (Å²) < 4.78 is 11.5. The van der Waals surface area contributed by atoms with Crippen LogP contribution in [0.1, 0.15) is 24.1 Å². The van der Waals surface area contributed by atoms with E-state index in [9.17, 15) is 4.79 Å². The first-order chi connectivity index (χ1) is 11.1. The molecule has 4 rings (SSSR count). The van der Waals surface area contributed by atoms with Gasteiger partial charge in [0.2, 0.25) is 5.43 Å². The molecule has 0 aliphatic heterocycles. The molecule has 0 bridgehead atoms. The molecule has 0 atom stereocenters. The van der Waals surface area contributed by atoms with E-state index in [1.165, 1.54) is 30.4 Å². The first kappa shape index (κ1) is 14.5. The maximum atomic E-state index is 12.8. The molecule has 0 radical (unpaired) electrons. The van der Waals surface area contributed by atoms with Gasteiger partial charge in [0, 0.05) is 17.1 Å². The van der Waals surface area contributed by atoms with Crippen molar-refractivity contribution in [2.45, 2.75) is 26.7 Å². The van der Waals surface area contributed by atoms with Gasteiger partial charge < -0.3 is 9.15 Å². The van der Waals surface area contributed by atoms with Crippen LogP contribution >= 0.6 is 11.3 Å². The third-order valence-electron chi connectivity index (χ3n) is 4.08. The van der Waals surface area contributed by atoms with Crippen LogP contribution in [0.4, 0.5) is 0 Å². The van der Waals surface area contributed by atoms with Crippen LogP contribution in [0, 0.1) is 19.8 Å². The van der Waals surface area contributed by atoms with Gasteiger partial charge in [-0.2, -0.15) is 0 Å². The van der Waals surface area contributed by atoms with E-state index in [-0.39, 0.29) is 5.43 Å². The third-order valence-corrected chi connectivity index (χ3v) is 5.07. The van der Waals surface area contributed by atoms with Crippen molar-refractivity contribution in [1.82, 2.24) is 4.98 Å². The van der Waals surface area contributed by atoms with Crippen LogP contribution in [-0.2, 0) is 0 Å². The average molecular weight is 327 g/mol. The summed E-state index contributed by atoms with van der Waals surface area (Å²) in [5.41, 5.74) is 2.83. The first-order valence-electron chi connectivity index (χ1n) is 7.73. The van der Waals surface area contributed by atoms with Gasteiger partial charge in [0.25, 0.3) is 0 Å². The minimum Gasteiger partial charge on any atom is -0.493 e. The highest BCUT2D eigenvalue weighted by Crippen LogP contribution is 2.31. The molecule has 1 aliphatic carbocycles. The zero-order chi connectivity index (χ0) is 16.0. The number of thiazole rings is 1. The van der Waals surface area contributed by atoms with Crippen molar-refractivity contribution >= 4 is 22.3 Å². The molecule has 0 amide bonds. The van der Waals surface area contributed by atoms with E-state index in [2.05, 4.69) is 4.98 Å². The predicted molar refractivity (Wildman–Crippen MR) is 91.3 cm³/mol. The zero-order valence-electron chi connectivity index (χ0n) is 13.1. The van der Waals surface area contributed by atoms with Crippen LogP contribution in [-0.4, -0.2) is 11.6 Å². The summed E-state index contributed by atoms with van der Waals surface area (Å²) >= 11 is 1.46. The lowest BCUT2D eigenvalue weighted by molar-refractivity contribution is 0.299. The van der Waals surface area contributed by atoms with Gasteiger partial charge >= 0.3 is 0 Å². The lowest BCUT2D eigenvalue weighted by Crippen LogP contribution is -2.07. The maximum absolute atomic E-state index is 12.8. The largest absolute Gasteiger partial charge is 0.493 e. The molecule has 4 nitrogen and oxygen atoms in total. The summed E-state index contributed by atoms with van der Waals surface area (Å²) in [5, 5.41) is 3.24. The molecule has 0 spiro atoms. The molecule has 23 heavy (non-hydrogen) atoms. The molecule has 1 fully saturated rings. The van der Waals surface area contributed by atoms with E-state index < -0.39 is 0 Å². The van der Waals surface area contributed by atoms with Crippen LogP contribution < -0.4 is 10.2 Å². The molecular weight excluding hydrogens is 310 g/mol. The zero-order valence-corrected chi connectivity index (χ0v) is 13.9. The highest BCUT2D eigenvalue weighted by molar-refractivity contribution is 7.13. The number of rotatable bonds is 4. The predicted octanol–water partition coefficient (Wildman–Crippen LogP) is 4.32. The number of nitrogens with zero attached hydrogens (tertiary/aromatic N) is 1. The molecule has 0 unspecified atom stereocenters. The number of fused-ring (bicyclic) bond motifs is 1. The Balaban J connectivity index is 1.78. The van der Waals surface area contributed by atoms with E-state index in [1.807, 2.05) is 31.4 Å². The molecule has 1 aliphatic rings. The van der Waals surface area contributed by atoms with Gasteiger partial charge in [-0.3, -0.25) is 4.79 Å². The third kappa shape index (κ3) is 2.77. The second kappa shape index (κ2) is 5.49. The fraction of sp³-hybridized carbons (Fsp3) is 0.333. The van der Waals surface area contributed by atoms with Crippen LogP contribution in [0.3, 0.4) is 0 Å². The van der Waals surface area contributed by atoms with Crippen LogP contribution in [0.15, 0.2) is 33.0 Å². The number of aryl methyl sites for hydroxylation is 2. The highest BCUT2D eigenvalue weighted by Gasteiger charge is 2.22. The molecule has 5 heteroatoms. The molecular formula is C18H17NO3S. The summed E-state index contributed by atoms with van der Waals surface area (Å²) in [4.78, 5) is 17.2. The molecule has 1 saturated carbocycles. The van der Waals surface area contributed by atoms with Crippen molar-refractivity contribution < 1.29 is 9.15 Å². The second-order valence-electron chi connectivity index (χ2n) is 6.14. The van der Waals surface area contributed by atoms with Crippen molar-refractivity contribution in [2.75, 3.05) is 6.61 Å². The maximum Gasteiger partial charge on any atom is 0.203 e. The molecule has 0 N–H and O–H groups in total. The van der Waals surface area contributed by atoms with E-state index in [0.29, 0.717) is 27.5 Å². The fourth-order valence-corrected chi connectivity index (χ4v) is 3.42. The van der Waals surface area contributed by atoms with Gasteiger partial charge in [-0.05, 0) is 44.2 Å². The number of hydrogen-bond acceptors (Lipinski definition) is 5. The van der Waals surface area contributed by atoms with Gasteiger partial charge in [-0.15, -0.1) is 11.3 Å². The van der Waals surface area contributed by atoms with Crippen LogP contribution in [0.25, 0.3) is 21.5 Å². The average Bonchev–Trinajstić information content (AvgIpc) is 3.25. The van der Waals surface area contributed by atoms with E-state index >= 15 is 0 Å². The normalized spacial score (nSPS) is 14.3. The Hall–Kier alpha value is -2.14. The Morgan fingerprint density at radius 1 is 1.35 bits per heavy atom. The minimum absolute atomic E-state index is 0.0353. The smallest absolute Gasteiger partial charge is 0.203 e. The molecule has 1 aromatic carbocycles. The highest BCUT2D eigenvalue weighted by atomic mass is 32.1. The summed E-state index contributed by atoms with van der Waals surface area (Å²) in [6.45, 7) is 4.57. The lowest BCUT2D eigenvalue weighted by atomic mass is 10.1. The van der Waals surface area contributed by atoms with Crippen molar-refractivity contribution in [3.8, 4) is 16.3 Å². The quantitative estimate of drug-likeness (QED) is 0.716. The fourth-order valence-electron chi connectivity index (χ4n) is 2.62. The lowest BCUT2D eigenvalue weighted by Gasteiger charge is -2.08. The Labute approximate surface area is 137 Å². The Morgan fingerprint density at radius 2 is 2.17 bits per heavy atom. The molecule has 2 aromatic heterocycles. The molecule has 0 saturated heterocycles. The van der Waals surface area contributed by atoms with Gasteiger partial charge in [-0.25, -0.2) is 4.98 Å². The summed E-state index contributed by atoms with van der Waals surface area (Å²) in [6.07, 6.45) is 4.00. The Kier molecular flexibility index (Phi) is 3.45. The number of ether oxygens (including phenoxy) is 1. The van der Waals surface area contributed by atoms with Gasteiger partial charge in [0.1, 0.15) is 22.6 Å². The van der Waals surface area contributed by atoms with Crippen molar-refractivity contribution in [2.24, 2.45) is 5.92 Å². The van der Waals surface area contributed by atoms with E-state index in [0.717, 1.165) is 23.6 Å². The Morgan fingerprint density at radius 3 is 2.87 bits per heavy atom. The summed E-state index contributed by atoms with van der Waals surface area (Å²) in [7, 11) is 0. The van der Waals surface area contributed by atoms with Crippen molar-refractivity contribution in [1.29, 1.82) is 0 Å². The minimum atomic E-state index is -0.0353. The first-order valence-corrected chi connectivity index (χ1v) is 8.61. The second-order valence-corrected chi connectivity index (χ2v) is 7.00. The molecule has 3 aromatic rings. The standard InChI is InChI=1S/C18H17NO3S/c1-10-5-13(21-7-12-3-4-12)6-15-16(10)17(20)14(8-22-15)18-19-11(2)9-23-18/h5-6,8-9,12H,3-4,7H2,1-2H3. The van der Waals surface area contributed by atoms with Crippen molar-refractivity contribution in [3.05, 3.63) is 45.3 Å². The van der Waals surface area contributed by atoms with Crippen molar-refractivity contribution in [3.63, 3.8) is 0 Å². The topological polar surface area (TPSA) is 52.3 Å². The number of aromatic nitrogens is 1.